The Balaban J connectivity index is 2.10. The molecule has 1 saturated heterocycles. The molecule has 2 rings (SSSR count). The average molecular weight is 290 g/mol. The number of hydrogen-bond acceptors (Lipinski definition) is 4. The highest BCUT2D eigenvalue weighted by molar-refractivity contribution is 5.94. The minimum absolute atomic E-state index is 0.0980. The summed E-state index contributed by atoms with van der Waals surface area (Å²) in [5.41, 5.74) is 1.84. The number of likely N-dealkylation sites (tertiary alicyclic amines) is 1. The average Bonchev–Trinajstić information content (AvgIpc) is 2.47. The number of benzene rings is 1. The third-order valence-electron chi connectivity index (χ3n) is 4.42. The largest absolute Gasteiger partial charge is 0.496 e. The predicted molar refractivity (Wildman–Crippen MR) is 85.0 cm³/mol. The molecule has 4 heteroatoms. The van der Waals surface area contributed by atoms with Gasteiger partial charge in [-0.25, -0.2) is 0 Å². The van der Waals surface area contributed by atoms with Crippen molar-refractivity contribution in [3.63, 3.8) is 0 Å². The van der Waals surface area contributed by atoms with Crippen LogP contribution in [0.3, 0.4) is 0 Å². The molecule has 116 valence electrons. The van der Waals surface area contributed by atoms with Gasteiger partial charge in [0.05, 0.1) is 7.11 Å². The molecule has 1 aromatic carbocycles. The van der Waals surface area contributed by atoms with E-state index in [9.17, 15) is 4.79 Å². The van der Waals surface area contributed by atoms with Crippen molar-refractivity contribution < 1.29 is 9.53 Å². The summed E-state index contributed by atoms with van der Waals surface area (Å²) in [5.74, 6) is 0.959. The summed E-state index contributed by atoms with van der Waals surface area (Å²) in [6, 6.07) is 6.30. The minimum Gasteiger partial charge on any atom is -0.496 e. The van der Waals surface area contributed by atoms with Crippen LogP contribution in [0.4, 0.5) is 0 Å². The second kappa shape index (κ2) is 7.05. The second-order valence-electron chi connectivity index (χ2n) is 6.03. The summed E-state index contributed by atoms with van der Waals surface area (Å²) < 4.78 is 5.44. The van der Waals surface area contributed by atoms with Crippen molar-refractivity contribution in [2.45, 2.75) is 32.4 Å². The lowest BCUT2D eigenvalue weighted by atomic mass is 10.0. The van der Waals surface area contributed by atoms with Gasteiger partial charge in [0.2, 0.25) is 0 Å². The van der Waals surface area contributed by atoms with Crippen molar-refractivity contribution in [2.24, 2.45) is 0 Å². The smallest absolute Gasteiger partial charge is 0.159 e. The maximum absolute atomic E-state index is 11.6. The van der Waals surface area contributed by atoms with Gasteiger partial charge in [-0.05, 0) is 65.1 Å². The Bertz CT molecular complexity index is 494. The van der Waals surface area contributed by atoms with Crippen molar-refractivity contribution in [3.05, 3.63) is 29.3 Å². The first-order chi connectivity index (χ1) is 10.0. The molecule has 1 aliphatic rings. The Morgan fingerprint density at radius 1 is 1.38 bits per heavy atom. The van der Waals surface area contributed by atoms with Crippen LogP contribution in [0, 0.1) is 0 Å². The van der Waals surface area contributed by atoms with E-state index >= 15 is 0 Å². The number of hydrogen-bond donors (Lipinski definition) is 0. The lowest BCUT2D eigenvalue weighted by Gasteiger charge is -2.35. The van der Waals surface area contributed by atoms with Gasteiger partial charge in [-0.1, -0.05) is 0 Å². The zero-order chi connectivity index (χ0) is 15.4. The van der Waals surface area contributed by atoms with Crippen LogP contribution in [0.2, 0.25) is 0 Å². The predicted octanol–water partition coefficient (Wildman–Crippen LogP) is 2.42. The summed E-state index contributed by atoms with van der Waals surface area (Å²) in [5, 5.41) is 0. The van der Waals surface area contributed by atoms with Gasteiger partial charge in [0.1, 0.15) is 5.75 Å². The molecule has 0 aliphatic carbocycles. The highest BCUT2D eigenvalue weighted by Gasteiger charge is 2.21. The van der Waals surface area contributed by atoms with Crippen LogP contribution < -0.4 is 4.74 Å². The van der Waals surface area contributed by atoms with E-state index in [1.54, 1.807) is 14.0 Å². The molecule has 0 atom stereocenters. The molecule has 0 aromatic heterocycles. The molecule has 1 aliphatic heterocycles. The van der Waals surface area contributed by atoms with Gasteiger partial charge in [0, 0.05) is 23.7 Å². The molecule has 0 unspecified atom stereocenters. The Labute approximate surface area is 127 Å². The number of nitrogens with zero attached hydrogens (tertiary/aromatic N) is 2. The number of Topliss-reactive ketones (excluding diaryl/α,β-unsaturated/α-hetero) is 1. The summed E-state index contributed by atoms with van der Waals surface area (Å²) in [6.45, 7) is 4.73. The minimum atomic E-state index is 0.0980. The van der Waals surface area contributed by atoms with E-state index in [0.717, 1.165) is 36.5 Å². The van der Waals surface area contributed by atoms with Crippen LogP contribution in [-0.4, -0.2) is 55.9 Å². The van der Waals surface area contributed by atoms with Gasteiger partial charge < -0.3 is 9.64 Å². The molecule has 4 nitrogen and oxygen atoms in total. The Morgan fingerprint density at radius 3 is 2.62 bits per heavy atom. The number of ketones is 1. The van der Waals surface area contributed by atoms with Crippen molar-refractivity contribution in [1.82, 2.24) is 9.80 Å². The van der Waals surface area contributed by atoms with Crippen molar-refractivity contribution in [3.8, 4) is 5.75 Å². The standard InChI is InChI=1S/C17H26N2O2/c1-13(20)14-5-6-17(21-4)15(11-14)12-19(3)16-7-9-18(2)10-8-16/h5-6,11,16H,7-10,12H2,1-4H3. The molecule has 0 bridgehead atoms. The fraction of sp³-hybridized carbons (Fsp3) is 0.588. The first-order valence-corrected chi connectivity index (χ1v) is 7.58. The first-order valence-electron chi connectivity index (χ1n) is 7.58. The highest BCUT2D eigenvalue weighted by atomic mass is 16.5. The molecule has 0 saturated carbocycles. The number of carbonyl (C=O) groups excluding carboxylic acids is 1. The third kappa shape index (κ3) is 4.05. The number of ether oxygens (including phenoxy) is 1. The number of piperidine rings is 1. The molecule has 21 heavy (non-hydrogen) atoms. The highest BCUT2D eigenvalue weighted by Crippen LogP contribution is 2.24. The number of methoxy groups -OCH3 is 1. The molecule has 0 amide bonds. The molecule has 1 fully saturated rings. The Kier molecular flexibility index (Phi) is 5.37. The molecular formula is C17H26N2O2. The summed E-state index contributed by atoms with van der Waals surface area (Å²) in [6.07, 6.45) is 2.39. The van der Waals surface area contributed by atoms with Crippen LogP contribution in [-0.2, 0) is 6.54 Å². The summed E-state index contributed by atoms with van der Waals surface area (Å²) >= 11 is 0. The molecular weight excluding hydrogens is 264 g/mol. The maximum atomic E-state index is 11.6. The fourth-order valence-corrected chi connectivity index (χ4v) is 2.95. The van der Waals surface area contributed by atoms with E-state index in [1.165, 1.54) is 12.8 Å². The van der Waals surface area contributed by atoms with Crippen LogP contribution in [0.1, 0.15) is 35.7 Å². The Hall–Kier alpha value is -1.39. The van der Waals surface area contributed by atoms with E-state index in [4.69, 9.17) is 4.74 Å². The van der Waals surface area contributed by atoms with E-state index in [-0.39, 0.29) is 5.78 Å². The lowest BCUT2D eigenvalue weighted by Crippen LogP contribution is -2.41. The summed E-state index contributed by atoms with van der Waals surface area (Å²) in [7, 11) is 6.02. The van der Waals surface area contributed by atoms with E-state index in [0.29, 0.717) is 6.04 Å². The van der Waals surface area contributed by atoms with Gasteiger partial charge in [-0.15, -0.1) is 0 Å². The lowest BCUT2D eigenvalue weighted by molar-refractivity contribution is 0.101. The molecule has 0 spiro atoms. The van der Waals surface area contributed by atoms with Crippen LogP contribution >= 0.6 is 0 Å². The molecule has 1 aromatic rings. The van der Waals surface area contributed by atoms with Crippen molar-refractivity contribution in [1.29, 1.82) is 0 Å². The van der Waals surface area contributed by atoms with Gasteiger partial charge in [-0.2, -0.15) is 0 Å². The van der Waals surface area contributed by atoms with Crippen molar-refractivity contribution >= 4 is 5.78 Å². The van der Waals surface area contributed by atoms with Gasteiger partial charge in [0.25, 0.3) is 0 Å². The number of rotatable bonds is 5. The zero-order valence-corrected chi connectivity index (χ0v) is 13.6. The van der Waals surface area contributed by atoms with E-state index < -0.39 is 0 Å². The Morgan fingerprint density at radius 2 is 2.05 bits per heavy atom. The first kappa shape index (κ1) is 16.0. The quantitative estimate of drug-likeness (QED) is 0.780. The van der Waals surface area contributed by atoms with Gasteiger partial charge in [0.15, 0.2) is 5.78 Å². The number of carbonyl (C=O) groups is 1. The maximum Gasteiger partial charge on any atom is 0.159 e. The van der Waals surface area contributed by atoms with Gasteiger partial charge in [-0.3, -0.25) is 9.69 Å². The SMILES string of the molecule is COc1ccc(C(C)=O)cc1CN(C)C1CCN(C)CC1. The molecule has 0 radical (unpaired) electrons. The normalized spacial score (nSPS) is 17.2. The fourth-order valence-electron chi connectivity index (χ4n) is 2.95. The van der Waals surface area contributed by atoms with Gasteiger partial charge >= 0.3 is 0 Å². The monoisotopic (exact) mass is 290 g/mol. The molecule has 1 heterocycles. The van der Waals surface area contributed by atoms with Crippen LogP contribution in [0.15, 0.2) is 18.2 Å². The van der Waals surface area contributed by atoms with E-state index in [2.05, 4.69) is 23.9 Å². The topological polar surface area (TPSA) is 32.8 Å². The zero-order valence-electron chi connectivity index (χ0n) is 13.6. The van der Waals surface area contributed by atoms with Crippen molar-refractivity contribution in [2.75, 3.05) is 34.3 Å². The third-order valence-corrected chi connectivity index (χ3v) is 4.42. The van der Waals surface area contributed by atoms with Crippen LogP contribution in [0.5, 0.6) is 5.75 Å². The van der Waals surface area contributed by atoms with Crippen LogP contribution in [0.25, 0.3) is 0 Å². The molecule has 0 N–H and O–H groups in total. The van der Waals surface area contributed by atoms with E-state index in [1.807, 2.05) is 18.2 Å². The summed E-state index contributed by atoms with van der Waals surface area (Å²) in [4.78, 5) is 16.3. The second-order valence-corrected chi connectivity index (χ2v) is 6.03.